The fourth-order valence-corrected chi connectivity index (χ4v) is 10.7. The van der Waals surface area contributed by atoms with Crippen molar-refractivity contribution in [2.24, 2.45) is 0 Å². The Morgan fingerprint density at radius 3 is 1.52 bits per heavy atom. The third-order valence-corrected chi connectivity index (χ3v) is 13.2. The van der Waals surface area contributed by atoms with Crippen LogP contribution in [0.2, 0.25) is 5.21 Å². The van der Waals surface area contributed by atoms with E-state index in [0.29, 0.717) is 12.8 Å². The molecule has 4 aromatic rings. The summed E-state index contributed by atoms with van der Waals surface area (Å²) in [6.45, 7) is 0.483. The van der Waals surface area contributed by atoms with E-state index in [-0.39, 0.29) is 5.97 Å². The van der Waals surface area contributed by atoms with Crippen LogP contribution in [0.4, 0.5) is 0 Å². The zero-order valence-corrected chi connectivity index (χ0v) is 21.4. The Labute approximate surface area is 202 Å². The quantitative estimate of drug-likeness (QED) is 0.136. The minimum atomic E-state index is -1.41. The van der Waals surface area contributed by atoms with Crippen LogP contribution in [0.3, 0.4) is 0 Å². The van der Waals surface area contributed by atoms with Gasteiger partial charge in [0.25, 0.3) is 0 Å². The van der Waals surface area contributed by atoms with Crippen molar-refractivity contribution in [2.45, 2.75) is 11.6 Å². The van der Waals surface area contributed by atoms with Gasteiger partial charge in [0.2, 0.25) is 0 Å². The molecule has 0 aromatic heterocycles. The summed E-state index contributed by atoms with van der Waals surface area (Å²) in [4.78, 5) is 12.8. The van der Waals surface area contributed by atoms with Crippen LogP contribution in [-0.2, 0) is 9.53 Å². The summed E-state index contributed by atoms with van der Waals surface area (Å²) in [7, 11) is -0.761. The van der Waals surface area contributed by atoms with E-state index in [9.17, 15) is 4.79 Å². The van der Waals surface area contributed by atoms with E-state index < -0.39 is 22.6 Å². The van der Waals surface area contributed by atoms with E-state index in [4.69, 9.17) is 4.74 Å². The van der Waals surface area contributed by atoms with Crippen molar-refractivity contribution in [3.8, 4) is 0 Å². The zero-order chi connectivity index (χ0) is 22.7. The number of carbonyl (C=O) groups is 1. The van der Waals surface area contributed by atoms with Crippen molar-refractivity contribution in [1.29, 1.82) is 0 Å². The molecular weight excluding hydrogens is 486 g/mol. The fourth-order valence-electron chi connectivity index (χ4n) is 3.75. The topological polar surface area (TPSA) is 26.3 Å². The van der Waals surface area contributed by atoms with Gasteiger partial charge in [0.15, 0.2) is 0 Å². The monoisotopic (exact) mass is 514 g/mol. The van der Waals surface area contributed by atoms with Crippen LogP contribution in [0.1, 0.15) is 6.42 Å². The van der Waals surface area contributed by atoms with Crippen molar-refractivity contribution >= 4 is 47.9 Å². The van der Waals surface area contributed by atoms with Gasteiger partial charge in [-0.15, -0.1) is 0 Å². The molecule has 166 valence electrons. The van der Waals surface area contributed by atoms with Crippen molar-refractivity contribution in [3.05, 3.63) is 121 Å². The minimum absolute atomic E-state index is 0.104. The standard InChI is InChI=1S/C29H28AsO2P/c31-29(24-33(27-18-9-3-10-19-27)28-20-11-4-12-21-28)32-23-13-22-30(25-14-5-1-6-15-25)26-16-7-2-8-17-26/h1-12,14-21H,13,22-24H2. The van der Waals surface area contributed by atoms with E-state index in [1.807, 2.05) is 36.4 Å². The second kappa shape index (κ2) is 12.5. The molecule has 0 saturated carbocycles. The van der Waals surface area contributed by atoms with Crippen LogP contribution < -0.4 is 19.3 Å². The van der Waals surface area contributed by atoms with Crippen LogP contribution in [0.25, 0.3) is 0 Å². The Morgan fingerprint density at radius 1 is 0.636 bits per heavy atom. The molecule has 33 heavy (non-hydrogen) atoms. The first kappa shape index (κ1) is 23.5. The molecular formula is C29H28AsO2P. The van der Waals surface area contributed by atoms with Crippen molar-refractivity contribution in [1.82, 2.24) is 0 Å². The Morgan fingerprint density at radius 2 is 1.06 bits per heavy atom. The van der Waals surface area contributed by atoms with Crippen LogP contribution >= 0.6 is 7.92 Å². The zero-order valence-electron chi connectivity index (χ0n) is 18.6. The van der Waals surface area contributed by atoms with E-state index in [1.165, 1.54) is 19.3 Å². The molecule has 4 heteroatoms. The second-order valence-corrected chi connectivity index (χ2v) is 14.8. The molecule has 0 amide bonds. The molecule has 0 saturated heterocycles. The number of carbonyl (C=O) groups excluding carboxylic acids is 1. The molecule has 0 N–H and O–H groups in total. The molecule has 2 nitrogen and oxygen atoms in total. The number of esters is 1. The molecule has 0 heterocycles. The van der Waals surface area contributed by atoms with Gasteiger partial charge >= 0.3 is 203 Å². The summed E-state index contributed by atoms with van der Waals surface area (Å²) >= 11 is -1.41. The molecule has 0 aliphatic rings. The van der Waals surface area contributed by atoms with Gasteiger partial charge < -0.3 is 0 Å². The molecule has 0 aliphatic heterocycles. The summed E-state index contributed by atoms with van der Waals surface area (Å²) in [6, 6.07) is 42.2. The Bertz CT molecular complexity index is 1030. The first-order valence-electron chi connectivity index (χ1n) is 11.2. The third kappa shape index (κ3) is 6.91. The number of hydrogen-bond acceptors (Lipinski definition) is 2. The fraction of sp³-hybridized carbons (Fsp3) is 0.138. The molecule has 0 fully saturated rings. The van der Waals surface area contributed by atoms with Crippen molar-refractivity contribution < 1.29 is 9.53 Å². The summed E-state index contributed by atoms with van der Waals surface area (Å²) < 4.78 is 8.63. The molecule has 4 aromatic carbocycles. The third-order valence-electron chi connectivity index (χ3n) is 5.35. The number of ether oxygens (including phenoxy) is 1. The molecule has 0 aliphatic carbocycles. The van der Waals surface area contributed by atoms with Gasteiger partial charge in [0, 0.05) is 0 Å². The molecule has 0 atom stereocenters. The molecule has 0 unspecified atom stereocenters. The van der Waals surface area contributed by atoms with Crippen LogP contribution in [-0.4, -0.2) is 33.4 Å². The normalized spacial score (nSPS) is 11.0. The van der Waals surface area contributed by atoms with Crippen LogP contribution in [0.15, 0.2) is 121 Å². The average Bonchev–Trinajstić information content (AvgIpc) is 2.89. The summed E-state index contributed by atoms with van der Waals surface area (Å²) in [5.74, 6) is -0.104. The molecule has 0 radical (unpaired) electrons. The first-order chi connectivity index (χ1) is 16.3. The summed E-state index contributed by atoms with van der Waals surface area (Å²) in [5.41, 5.74) is 0. The van der Waals surface area contributed by atoms with Crippen LogP contribution in [0.5, 0.6) is 0 Å². The summed E-state index contributed by atoms with van der Waals surface area (Å²) in [5, 5.41) is 3.49. The van der Waals surface area contributed by atoms with Gasteiger partial charge in [-0.1, -0.05) is 0 Å². The van der Waals surface area contributed by atoms with Crippen LogP contribution in [0, 0.1) is 0 Å². The van der Waals surface area contributed by atoms with E-state index in [2.05, 4.69) is 84.9 Å². The van der Waals surface area contributed by atoms with Crippen molar-refractivity contribution in [3.63, 3.8) is 0 Å². The van der Waals surface area contributed by atoms with E-state index in [1.54, 1.807) is 0 Å². The molecule has 0 bridgehead atoms. The average molecular weight is 514 g/mol. The van der Waals surface area contributed by atoms with Gasteiger partial charge in [-0.05, 0) is 0 Å². The van der Waals surface area contributed by atoms with E-state index >= 15 is 0 Å². The Balaban J connectivity index is 1.36. The molecule has 4 rings (SSSR count). The van der Waals surface area contributed by atoms with Gasteiger partial charge in [0.05, 0.1) is 0 Å². The predicted octanol–water partition coefficient (Wildman–Crippen LogP) is 4.36. The van der Waals surface area contributed by atoms with Gasteiger partial charge in [0.1, 0.15) is 0 Å². The Hall–Kier alpha value is -2.66. The second-order valence-electron chi connectivity index (χ2n) is 7.65. The SMILES string of the molecule is O=C(CP(c1ccccc1)c1ccccc1)OCCC[As](c1ccccc1)c1ccccc1. The van der Waals surface area contributed by atoms with E-state index in [0.717, 1.165) is 11.6 Å². The van der Waals surface area contributed by atoms with Gasteiger partial charge in [-0.25, -0.2) is 0 Å². The summed E-state index contributed by atoms with van der Waals surface area (Å²) in [6.07, 6.45) is 1.31. The van der Waals surface area contributed by atoms with Crippen molar-refractivity contribution in [2.75, 3.05) is 12.8 Å². The predicted molar refractivity (Wildman–Crippen MR) is 142 cm³/mol. The Kier molecular flexibility index (Phi) is 8.93. The number of rotatable bonds is 10. The maximum atomic E-state index is 12.8. The number of hydrogen-bond donors (Lipinski definition) is 0. The number of benzene rings is 4. The molecule has 0 spiro atoms. The first-order valence-corrected chi connectivity index (χ1v) is 16.0. The van der Waals surface area contributed by atoms with Gasteiger partial charge in [-0.2, -0.15) is 0 Å². The van der Waals surface area contributed by atoms with Gasteiger partial charge in [-0.3, -0.25) is 0 Å². The maximum absolute atomic E-state index is 12.8.